The molecule has 3 N–H and O–H groups in total. The van der Waals surface area contributed by atoms with Crippen LogP contribution in [0.4, 0.5) is 4.39 Å². The molecule has 0 radical (unpaired) electrons. The van der Waals surface area contributed by atoms with Gasteiger partial charge in [0, 0.05) is 17.5 Å². The highest BCUT2D eigenvalue weighted by molar-refractivity contribution is 5.82. The van der Waals surface area contributed by atoms with Crippen molar-refractivity contribution in [2.45, 2.75) is 51.7 Å². The molecule has 0 saturated heterocycles. The average molecular weight is 417 g/mol. The lowest BCUT2D eigenvalue weighted by molar-refractivity contribution is -0.139. The summed E-state index contributed by atoms with van der Waals surface area (Å²) in [4.78, 5) is 15.4. The first-order chi connectivity index (χ1) is 14.1. The quantitative estimate of drug-likeness (QED) is 0.572. The zero-order chi connectivity index (χ0) is 22.4. The number of hydrogen-bond donors (Lipinski definition) is 3. The van der Waals surface area contributed by atoms with E-state index in [1.807, 2.05) is 20.8 Å². The average Bonchev–Trinajstić information content (AvgIpc) is 2.66. The number of aliphatic carboxylic acids is 1. The lowest BCUT2D eigenvalue weighted by atomic mass is 9.92. The van der Waals surface area contributed by atoms with Crippen LogP contribution in [0.2, 0.25) is 0 Å². The second kappa shape index (κ2) is 10.3. The van der Waals surface area contributed by atoms with Crippen LogP contribution in [0.1, 0.15) is 49.6 Å². The van der Waals surface area contributed by atoms with Gasteiger partial charge in [-0.05, 0) is 30.5 Å². The summed E-state index contributed by atoms with van der Waals surface area (Å²) >= 11 is 0. The van der Waals surface area contributed by atoms with Gasteiger partial charge in [-0.1, -0.05) is 38.1 Å². The molecule has 7 heteroatoms. The fourth-order valence-corrected chi connectivity index (χ4v) is 3.33. The first-order valence-corrected chi connectivity index (χ1v) is 9.74. The van der Waals surface area contributed by atoms with Crippen molar-refractivity contribution in [3.63, 3.8) is 0 Å². The van der Waals surface area contributed by atoms with Gasteiger partial charge in [-0.25, -0.2) is 4.39 Å². The van der Waals surface area contributed by atoms with E-state index in [-0.39, 0.29) is 18.2 Å². The largest absolute Gasteiger partial charge is 0.494 e. The van der Waals surface area contributed by atoms with E-state index in [1.165, 1.54) is 25.3 Å². The normalized spacial score (nSPS) is 13.6. The van der Waals surface area contributed by atoms with Gasteiger partial charge in [-0.3, -0.25) is 9.78 Å². The third-order valence-corrected chi connectivity index (χ3v) is 4.68. The summed E-state index contributed by atoms with van der Waals surface area (Å²) in [6.45, 7) is 5.82. The third-order valence-electron chi connectivity index (χ3n) is 4.68. The molecule has 2 rings (SSSR count). The standard InChI is InChI=1S/C23H28FNO5/c1-13(2)22-19(10-9-17(26)11-18(27)12-20(28)29)21(23(30-4)14(3)25-22)15-5-7-16(24)8-6-15/h5-10,13,17-18,26-27H,11-12H2,1-4H3,(H,28,29)/t17-,18?/m1/s1. The number of halogens is 1. The Morgan fingerprint density at radius 1 is 1.23 bits per heavy atom. The van der Waals surface area contributed by atoms with E-state index in [0.29, 0.717) is 17.0 Å². The number of rotatable bonds is 9. The summed E-state index contributed by atoms with van der Waals surface area (Å²) in [5.41, 5.74) is 3.65. The van der Waals surface area contributed by atoms with Crippen LogP contribution in [0.5, 0.6) is 5.75 Å². The Labute approximate surface area is 175 Å². The molecule has 1 unspecified atom stereocenters. The molecule has 1 aromatic heterocycles. The predicted molar refractivity (Wildman–Crippen MR) is 113 cm³/mol. The number of aliphatic hydroxyl groups is 2. The SMILES string of the molecule is COc1c(C)nc(C(C)C)c(C=C[C@@H](O)CC(O)CC(=O)O)c1-c1ccc(F)cc1. The van der Waals surface area contributed by atoms with Crippen LogP contribution in [0.25, 0.3) is 17.2 Å². The molecule has 0 amide bonds. The van der Waals surface area contributed by atoms with E-state index < -0.39 is 24.6 Å². The van der Waals surface area contributed by atoms with Crippen LogP contribution in [0.15, 0.2) is 30.3 Å². The lowest BCUT2D eigenvalue weighted by Gasteiger charge is -2.20. The topological polar surface area (TPSA) is 99.9 Å². The molecule has 162 valence electrons. The maximum atomic E-state index is 13.5. The summed E-state index contributed by atoms with van der Waals surface area (Å²) in [6, 6.07) is 6.04. The second-order valence-corrected chi connectivity index (χ2v) is 7.48. The van der Waals surface area contributed by atoms with Gasteiger partial charge < -0.3 is 20.1 Å². The highest BCUT2D eigenvalue weighted by Crippen LogP contribution is 2.39. The number of ether oxygens (including phenoxy) is 1. The summed E-state index contributed by atoms with van der Waals surface area (Å²) in [5, 5.41) is 28.8. The fourth-order valence-electron chi connectivity index (χ4n) is 3.33. The Morgan fingerprint density at radius 2 is 1.87 bits per heavy atom. The molecule has 0 spiro atoms. The van der Waals surface area contributed by atoms with Crippen LogP contribution in [-0.4, -0.2) is 45.6 Å². The van der Waals surface area contributed by atoms with Gasteiger partial charge >= 0.3 is 5.97 Å². The van der Waals surface area contributed by atoms with Crippen LogP contribution in [-0.2, 0) is 4.79 Å². The number of nitrogens with zero attached hydrogens (tertiary/aromatic N) is 1. The molecular weight excluding hydrogens is 389 g/mol. The molecule has 0 fully saturated rings. The van der Waals surface area contributed by atoms with Crippen LogP contribution in [0, 0.1) is 12.7 Å². The number of hydrogen-bond acceptors (Lipinski definition) is 5. The first-order valence-electron chi connectivity index (χ1n) is 9.74. The molecule has 30 heavy (non-hydrogen) atoms. The Kier molecular flexibility index (Phi) is 8.08. The van der Waals surface area contributed by atoms with Crippen molar-refractivity contribution in [3.8, 4) is 16.9 Å². The van der Waals surface area contributed by atoms with E-state index in [9.17, 15) is 19.4 Å². The van der Waals surface area contributed by atoms with Crippen molar-refractivity contribution < 1.29 is 29.2 Å². The van der Waals surface area contributed by atoms with Crippen molar-refractivity contribution in [1.29, 1.82) is 0 Å². The first kappa shape index (κ1) is 23.5. The van der Waals surface area contributed by atoms with Crippen LogP contribution in [0.3, 0.4) is 0 Å². The molecule has 2 atom stereocenters. The zero-order valence-electron chi connectivity index (χ0n) is 17.6. The summed E-state index contributed by atoms with van der Waals surface area (Å²) in [7, 11) is 1.54. The van der Waals surface area contributed by atoms with Crippen LogP contribution >= 0.6 is 0 Å². The Morgan fingerprint density at radius 3 is 2.40 bits per heavy atom. The molecule has 0 saturated carbocycles. The van der Waals surface area contributed by atoms with Gasteiger partial charge in [0.25, 0.3) is 0 Å². The number of carbonyl (C=O) groups is 1. The number of benzene rings is 1. The molecule has 0 aliphatic heterocycles. The molecule has 1 aromatic carbocycles. The van der Waals surface area contributed by atoms with Crippen molar-refractivity contribution in [3.05, 3.63) is 53.1 Å². The Hall–Kier alpha value is -2.77. The molecule has 6 nitrogen and oxygen atoms in total. The minimum Gasteiger partial charge on any atom is -0.494 e. The molecular formula is C23H28FNO5. The third kappa shape index (κ3) is 5.87. The minimum absolute atomic E-state index is 0.0585. The predicted octanol–water partition coefficient (Wildman–Crippen LogP) is 3.93. The van der Waals surface area contributed by atoms with Crippen LogP contribution < -0.4 is 4.74 Å². The lowest BCUT2D eigenvalue weighted by Crippen LogP contribution is -2.19. The maximum Gasteiger partial charge on any atom is 0.305 e. The minimum atomic E-state index is -1.16. The molecule has 1 heterocycles. The van der Waals surface area contributed by atoms with Gasteiger partial charge in [0.1, 0.15) is 11.6 Å². The number of carboxylic acids is 1. The number of aliphatic hydroxyl groups excluding tert-OH is 2. The molecule has 2 aromatic rings. The Balaban J connectivity index is 2.55. The van der Waals surface area contributed by atoms with Gasteiger partial charge in [0.15, 0.2) is 0 Å². The zero-order valence-corrected chi connectivity index (χ0v) is 17.6. The monoisotopic (exact) mass is 417 g/mol. The van der Waals surface area contributed by atoms with Crippen molar-refractivity contribution in [1.82, 2.24) is 4.98 Å². The van der Waals surface area contributed by atoms with Gasteiger partial charge in [-0.15, -0.1) is 0 Å². The number of methoxy groups -OCH3 is 1. The molecule has 0 aliphatic rings. The van der Waals surface area contributed by atoms with Gasteiger partial charge in [0.05, 0.1) is 37.1 Å². The summed E-state index contributed by atoms with van der Waals surface area (Å²) < 4.78 is 19.1. The molecule has 0 aliphatic carbocycles. The number of aryl methyl sites for hydroxylation is 1. The van der Waals surface area contributed by atoms with Crippen molar-refractivity contribution in [2.75, 3.05) is 7.11 Å². The highest BCUT2D eigenvalue weighted by Gasteiger charge is 2.21. The number of aromatic nitrogens is 1. The van der Waals surface area contributed by atoms with Gasteiger partial charge in [-0.2, -0.15) is 0 Å². The second-order valence-electron chi connectivity index (χ2n) is 7.48. The van der Waals surface area contributed by atoms with E-state index in [0.717, 1.165) is 16.8 Å². The summed E-state index contributed by atoms with van der Waals surface area (Å²) in [6.07, 6.45) is 0.434. The number of carboxylic acid groups (broad SMARTS) is 1. The summed E-state index contributed by atoms with van der Waals surface area (Å²) in [5.74, 6) is -0.881. The van der Waals surface area contributed by atoms with E-state index in [1.54, 1.807) is 18.2 Å². The van der Waals surface area contributed by atoms with E-state index >= 15 is 0 Å². The van der Waals surface area contributed by atoms with E-state index in [4.69, 9.17) is 9.84 Å². The fraction of sp³-hybridized carbons (Fsp3) is 0.391. The molecule has 0 bridgehead atoms. The number of pyridine rings is 1. The van der Waals surface area contributed by atoms with Crippen molar-refractivity contribution in [2.24, 2.45) is 0 Å². The maximum absolute atomic E-state index is 13.5. The van der Waals surface area contributed by atoms with Gasteiger partial charge in [0.2, 0.25) is 0 Å². The Bertz CT molecular complexity index is 909. The highest BCUT2D eigenvalue weighted by atomic mass is 19.1. The smallest absolute Gasteiger partial charge is 0.305 e. The van der Waals surface area contributed by atoms with Crippen molar-refractivity contribution >= 4 is 12.0 Å². The van der Waals surface area contributed by atoms with E-state index in [2.05, 4.69) is 4.98 Å².